The van der Waals surface area contributed by atoms with Gasteiger partial charge in [-0.1, -0.05) is 53.7 Å². The molecule has 1 fully saturated rings. The zero-order valence-electron chi connectivity index (χ0n) is 16.0. The van der Waals surface area contributed by atoms with Gasteiger partial charge in [0, 0.05) is 30.1 Å². The summed E-state index contributed by atoms with van der Waals surface area (Å²) in [5, 5.41) is 6.77. The number of nitrogens with one attached hydrogen (secondary N) is 1. The number of nitrogens with zero attached hydrogens (tertiary/aromatic N) is 3. The van der Waals surface area contributed by atoms with Gasteiger partial charge < -0.3 is 14.7 Å². The second kappa shape index (κ2) is 8.68. The number of hydrogen-bond acceptors (Lipinski definition) is 5. The maximum atomic E-state index is 12.4. The predicted octanol–water partition coefficient (Wildman–Crippen LogP) is 2.87. The molecule has 2 heterocycles. The number of rotatable bonds is 5. The Balaban J connectivity index is 1.28. The normalized spacial score (nSPS) is 14.6. The van der Waals surface area contributed by atoms with Gasteiger partial charge in [0.1, 0.15) is 0 Å². The van der Waals surface area contributed by atoms with Crippen molar-refractivity contribution in [3.8, 4) is 11.4 Å². The molecule has 1 aliphatic heterocycles. The summed E-state index contributed by atoms with van der Waals surface area (Å²) in [7, 11) is 0. The van der Waals surface area contributed by atoms with E-state index in [2.05, 4.69) is 15.5 Å². The molecule has 0 atom stereocenters. The van der Waals surface area contributed by atoms with Crippen LogP contribution in [0, 0.1) is 0 Å². The number of benzene rings is 2. The first-order valence-corrected chi connectivity index (χ1v) is 9.71. The van der Waals surface area contributed by atoms with Gasteiger partial charge in [0.2, 0.25) is 17.6 Å². The van der Waals surface area contributed by atoms with Gasteiger partial charge in [-0.3, -0.25) is 9.59 Å². The van der Waals surface area contributed by atoms with Gasteiger partial charge in [-0.25, -0.2) is 0 Å². The lowest BCUT2D eigenvalue weighted by atomic mass is 9.96. The Morgan fingerprint density at radius 2 is 1.66 bits per heavy atom. The number of amides is 2. The van der Waals surface area contributed by atoms with Crippen molar-refractivity contribution in [1.82, 2.24) is 20.4 Å². The van der Waals surface area contributed by atoms with E-state index >= 15 is 0 Å². The van der Waals surface area contributed by atoms with Gasteiger partial charge >= 0.3 is 0 Å². The van der Waals surface area contributed by atoms with Crippen LogP contribution in [0.1, 0.15) is 35.0 Å². The molecule has 7 nitrogen and oxygen atoms in total. The number of aromatic nitrogens is 2. The van der Waals surface area contributed by atoms with Gasteiger partial charge in [-0.2, -0.15) is 4.98 Å². The molecule has 0 spiro atoms. The minimum Gasteiger partial charge on any atom is -0.343 e. The fourth-order valence-electron chi connectivity index (χ4n) is 3.44. The Hall–Kier alpha value is -3.48. The number of carbonyl (C=O) groups excluding carboxylic acids is 2. The zero-order chi connectivity index (χ0) is 20.1. The van der Waals surface area contributed by atoms with Crippen molar-refractivity contribution in [1.29, 1.82) is 0 Å². The summed E-state index contributed by atoms with van der Waals surface area (Å²) < 4.78 is 5.46. The SMILES string of the molecule is O=C(NCC(=O)N1CCC(c2nc(-c3ccccc3)no2)CC1)c1ccccc1. The number of likely N-dealkylation sites (tertiary alicyclic amines) is 1. The molecule has 0 aliphatic carbocycles. The molecule has 0 unspecified atom stereocenters. The van der Waals surface area contributed by atoms with E-state index in [1.807, 2.05) is 36.4 Å². The minimum absolute atomic E-state index is 0.00287. The second-order valence-corrected chi connectivity index (χ2v) is 7.03. The Bertz CT molecular complexity index is 964. The number of carbonyl (C=O) groups is 2. The maximum absolute atomic E-state index is 12.4. The summed E-state index contributed by atoms with van der Waals surface area (Å²) in [6.45, 7) is 1.21. The van der Waals surface area contributed by atoms with E-state index in [0.717, 1.165) is 18.4 Å². The molecule has 1 saturated heterocycles. The molecule has 0 bridgehead atoms. The average molecular weight is 390 g/mol. The Morgan fingerprint density at radius 3 is 2.34 bits per heavy atom. The van der Waals surface area contributed by atoms with Crippen LogP contribution in [0.2, 0.25) is 0 Å². The third kappa shape index (κ3) is 4.51. The molecule has 0 radical (unpaired) electrons. The molecule has 148 valence electrons. The number of piperidine rings is 1. The molecular formula is C22H22N4O3. The smallest absolute Gasteiger partial charge is 0.251 e. The Morgan fingerprint density at radius 1 is 1.00 bits per heavy atom. The van der Waals surface area contributed by atoms with E-state index < -0.39 is 0 Å². The summed E-state index contributed by atoms with van der Waals surface area (Å²) in [5.74, 6) is 1.02. The van der Waals surface area contributed by atoms with E-state index in [4.69, 9.17) is 4.52 Å². The van der Waals surface area contributed by atoms with E-state index in [9.17, 15) is 9.59 Å². The quantitative estimate of drug-likeness (QED) is 0.724. The van der Waals surface area contributed by atoms with E-state index in [0.29, 0.717) is 30.4 Å². The van der Waals surface area contributed by atoms with Crippen LogP contribution in [0.5, 0.6) is 0 Å². The largest absolute Gasteiger partial charge is 0.343 e. The summed E-state index contributed by atoms with van der Waals surface area (Å²) >= 11 is 0. The minimum atomic E-state index is -0.242. The van der Waals surface area contributed by atoms with Gasteiger partial charge in [0.05, 0.1) is 6.54 Å². The summed E-state index contributed by atoms with van der Waals surface area (Å²) in [4.78, 5) is 30.8. The highest BCUT2D eigenvalue weighted by Crippen LogP contribution is 2.28. The lowest BCUT2D eigenvalue weighted by Crippen LogP contribution is -2.43. The monoisotopic (exact) mass is 390 g/mol. The van der Waals surface area contributed by atoms with Crippen LogP contribution in [0.3, 0.4) is 0 Å². The summed E-state index contributed by atoms with van der Waals surface area (Å²) in [5.41, 5.74) is 1.47. The second-order valence-electron chi connectivity index (χ2n) is 7.03. The van der Waals surface area contributed by atoms with Crippen molar-refractivity contribution < 1.29 is 14.1 Å². The van der Waals surface area contributed by atoms with Crippen LogP contribution in [0.15, 0.2) is 65.2 Å². The van der Waals surface area contributed by atoms with E-state index in [1.54, 1.807) is 29.2 Å². The molecule has 2 aromatic carbocycles. The van der Waals surface area contributed by atoms with Crippen LogP contribution < -0.4 is 5.32 Å². The van der Waals surface area contributed by atoms with Gasteiger partial charge in [-0.05, 0) is 25.0 Å². The van der Waals surface area contributed by atoms with Crippen LogP contribution in [-0.4, -0.2) is 46.5 Å². The van der Waals surface area contributed by atoms with Crippen molar-refractivity contribution >= 4 is 11.8 Å². The highest BCUT2D eigenvalue weighted by atomic mass is 16.5. The molecule has 3 aromatic rings. The topological polar surface area (TPSA) is 88.3 Å². The predicted molar refractivity (Wildman–Crippen MR) is 107 cm³/mol. The van der Waals surface area contributed by atoms with E-state index in [-0.39, 0.29) is 24.3 Å². The van der Waals surface area contributed by atoms with Crippen LogP contribution in [-0.2, 0) is 4.79 Å². The maximum Gasteiger partial charge on any atom is 0.251 e. The van der Waals surface area contributed by atoms with Gasteiger partial charge in [-0.15, -0.1) is 0 Å². The highest BCUT2D eigenvalue weighted by molar-refractivity contribution is 5.96. The van der Waals surface area contributed by atoms with Crippen molar-refractivity contribution in [2.75, 3.05) is 19.6 Å². The molecule has 4 rings (SSSR count). The average Bonchev–Trinajstić information content (AvgIpc) is 3.29. The molecule has 29 heavy (non-hydrogen) atoms. The molecule has 2 amide bonds. The fraction of sp³-hybridized carbons (Fsp3) is 0.273. The van der Waals surface area contributed by atoms with Crippen LogP contribution in [0.25, 0.3) is 11.4 Å². The molecule has 1 aromatic heterocycles. The molecule has 0 saturated carbocycles. The number of hydrogen-bond donors (Lipinski definition) is 1. The Labute approximate surface area is 168 Å². The Kier molecular flexibility index (Phi) is 5.65. The van der Waals surface area contributed by atoms with Crippen molar-refractivity contribution in [3.63, 3.8) is 0 Å². The first-order chi connectivity index (χ1) is 14.2. The van der Waals surface area contributed by atoms with Gasteiger partial charge in [0.15, 0.2) is 0 Å². The first kappa shape index (κ1) is 18.9. The lowest BCUT2D eigenvalue weighted by molar-refractivity contribution is -0.131. The standard InChI is InChI=1S/C22H22N4O3/c27-19(15-23-21(28)17-9-5-2-6-10-17)26-13-11-18(12-14-26)22-24-20(25-29-22)16-7-3-1-4-8-16/h1-10,18H,11-15H2,(H,23,28). The van der Waals surface area contributed by atoms with Crippen molar-refractivity contribution in [2.45, 2.75) is 18.8 Å². The van der Waals surface area contributed by atoms with Crippen molar-refractivity contribution in [2.24, 2.45) is 0 Å². The third-order valence-corrected chi connectivity index (χ3v) is 5.11. The molecular weight excluding hydrogens is 368 g/mol. The van der Waals surface area contributed by atoms with Crippen LogP contribution >= 0.6 is 0 Å². The lowest BCUT2D eigenvalue weighted by Gasteiger charge is -2.30. The van der Waals surface area contributed by atoms with Crippen LogP contribution in [0.4, 0.5) is 0 Å². The third-order valence-electron chi connectivity index (χ3n) is 5.11. The molecule has 7 heteroatoms. The fourth-order valence-corrected chi connectivity index (χ4v) is 3.44. The zero-order valence-corrected chi connectivity index (χ0v) is 16.0. The van der Waals surface area contributed by atoms with E-state index in [1.165, 1.54) is 0 Å². The summed E-state index contributed by atoms with van der Waals surface area (Å²) in [6, 6.07) is 18.6. The van der Waals surface area contributed by atoms with Gasteiger partial charge in [0.25, 0.3) is 5.91 Å². The highest BCUT2D eigenvalue weighted by Gasteiger charge is 2.27. The van der Waals surface area contributed by atoms with Crippen molar-refractivity contribution in [3.05, 3.63) is 72.1 Å². The summed E-state index contributed by atoms with van der Waals surface area (Å²) in [6.07, 6.45) is 1.52. The molecule has 1 N–H and O–H groups in total. The first-order valence-electron chi connectivity index (χ1n) is 9.71. The molecule has 1 aliphatic rings.